The Labute approximate surface area is 124 Å². The van der Waals surface area contributed by atoms with Gasteiger partial charge >= 0.3 is 0 Å². The summed E-state index contributed by atoms with van der Waals surface area (Å²) in [6, 6.07) is 0.0223. The van der Waals surface area contributed by atoms with Gasteiger partial charge in [-0.15, -0.1) is 0 Å². The minimum absolute atomic E-state index is 0.0223. The Bertz CT molecular complexity index is 359. The number of hydrogen-bond donors (Lipinski definition) is 2. The largest absolute Gasteiger partial charge is 0.317 e. The first-order valence-corrected chi connectivity index (χ1v) is 9.41. The summed E-state index contributed by atoms with van der Waals surface area (Å²) in [6.45, 7) is 9.30. The molecule has 0 aromatic carbocycles. The van der Waals surface area contributed by atoms with E-state index in [9.17, 15) is 8.42 Å². The second kappa shape index (κ2) is 8.97. The molecule has 2 N–H and O–H groups in total. The molecule has 20 heavy (non-hydrogen) atoms. The van der Waals surface area contributed by atoms with Crippen LogP contribution in [0, 0.1) is 5.92 Å². The maximum Gasteiger partial charge on any atom is 0.279 e. The maximum absolute atomic E-state index is 12.4. The molecule has 2 atom stereocenters. The molecular weight excluding hydrogens is 274 g/mol. The Hall–Kier alpha value is -0.170. The average Bonchev–Trinajstić information content (AvgIpc) is 2.42. The molecule has 6 heteroatoms. The van der Waals surface area contributed by atoms with Gasteiger partial charge in [0.1, 0.15) is 0 Å². The molecule has 2 unspecified atom stereocenters. The minimum atomic E-state index is -3.32. The molecular formula is C14H31N3O2S. The van der Waals surface area contributed by atoms with Crippen LogP contribution in [0.15, 0.2) is 0 Å². The van der Waals surface area contributed by atoms with Gasteiger partial charge in [0.05, 0.1) is 0 Å². The van der Waals surface area contributed by atoms with Crippen LogP contribution in [-0.4, -0.2) is 44.9 Å². The molecule has 5 nitrogen and oxygen atoms in total. The highest BCUT2D eigenvalue weighted by molar-refractivity contribution is 7.87. The van der Waals surface area contributed by atoms with Crippen molar-refractivity contribution in [3.63, 3.8) is 0 Å². The summed E-state index contributed by atoms with van der Waals surface area (Å²) in [5.74, 6) is 0.436. The zero-order valence-corrected chi connectivity index (χ0v) is 14.0. The molecule has 1 fully saturated rings. The van der Waals surface area contributed by atoms with E-state index in [0.717, 1.165) is 45.2 Å². The van der Waals surface area contributed by atoms with E-state index in [4.69, 9.17) is 0 Å². The van der Waals surface area contributed by atoms with Gasteiger partial charge in [0.2, 0.25) is 0 Å². The standard InChI is InChI=1S/C14H31N3O2S/c1-4-6-8-13(3)16-20(18,19)17-10-7-9-14(12-17)11-15-5-2/h13-16H,4-12H2,1-3H3. The van der Waals surface area contributed by atoms with Gasteiger partial charge in [0.15, 0.2) is 0 Å². The van der Waals surface area contributed by atoms with Crippen molar-refractivity contribution in [2.24, 2.45) is 5.92 Å². The Morgan fingerprint density at radius 3 is 2.75 bits per heavy atom. The van der Waals surface area contributed by atoms with Crippen LogP contribution < -0.4 is 10.0 Å². The number of hydrogen-bond acceptors (Lipinski definition) is 3. The molecule has 1 saturated heterocycles. The SMILES string of the molecule is CCCCC(C)NS(=O)(=O)N1CCCC(CNCC)C1. The lowest BCUT2D eigenvalue weighted by atomic mass is 10.00. The van der Waals surface area contributed by atoms with E-state index in [0.29, 0.717) is 19.0 Å². The number of unbranched alkanes of at least 4 members (excludes halogenated alkanes) is 1. The molecule has 0 saturated carbocycles. The first kappa shape index (κ1) is 17.9. The molecule has 120 valence electrons. The molecule has 0 spiro atoms. The van der Waals surface area contributed by atoms with Crippen LogP contribution in [0.2, 0.25) is 0 Å². The van der Waals surface area contributed by atoms with Crippen molar-refractivity contribution < 1.29 is 8.42 Å². The predicted molar refractivity (Wildman–Crippen MR) is 83.9 cm³/mol. The van der Waals surface area contributed by atoms with E-state index >= 15 is 0 Å². The molecule has 0 bridgehead atoms. The van der Waals surface area contributed by atoms with E-state index in [1.165, 1.54) is 0 Å². The number of nitrogens with one attached hydrogen (secondary N) is 2. The predicted octanol–water partition coefficient (Wildman–Crippen LogP) is 1.72. The lowest BCUT2D eigenvalue weighted by molar-refractivity contribution is 0.257. The Kier molecular flexibility index (Phi) is 8.02. The van der Waals surface area contributed by atoms with Crippen LogP contribution in [0.5, 0.6) is 0 Å². The van der Waals surface area contributed by atoms with Gasteiger partial charge in [-0.05, 0) is 45.2 Å². The fourth-order valence-electron chi connectivity index (χ4n) is 2.66. The van der Waals surface area contributed by atoms with Gasteiger partial charge in [-0.1, -0.05) is 26.7 Å². The second-order valence-corrected chi connectivity index (χ2v) is 7.54. The Balaban J connectivity index is 2.49. The molecule has 0 aromatic rings. The average molecular weight is 305 g/mol. The van der Waals surface area contributed by atoms with Crippen LogP contribution in [0.1, 0.15) is 52.9 Å². The summed E-state index contributed by atoms with van der Waals surface area (Å²) in [7, 11) is -3.32. The van der Waals surface area contributed by atoms with Gasteiger partial charge in [-0.2, -0.15) is 17.4 Å². The lowest BCUT2D eigenvalue weighted by Gasteiger charge is -2.32. The van der Waals surface area contributed by atoms with Crippen molar-refractivity contribution in [1.82, 2.24) is 14.3 Å². The monoisotopic (exact) mass is 305 g/mol. The van der Waals surface area contributed by atoms with Crippen molar-refractivity contribution >= 4 is 10.2 Å². The molecule has 1 rings (SSSR count). The van der Waals surface area contributed by atoms with Crippen LogP contribution >= 0.6 is 0 Å². The third kappa shape index (κ3) is 6.08. The van der Waals surface area contributed by atoms with E-state index in [-0.39, 0.29) is 6.04 Å². The smallest absolute Gasteiger partial charge is 0.279 e. The van der Waals surface area contributed by atoms with Gasteiger partial charge in [-0.3, -0.25) is 0 Å². The summed E-state index contributed by atoms with van der Waals surface area (Å²) in [4.78, 5) is 0. The van der Waals surface area contributed by atoms with E-state index in [1.54, 1.807) is 4.31 Å². The van der Waals surface area contributed by atoms with Gasteiger partial charge in [-0.25, -0.2) is 0 Å². The van der Waals surface area contributed by atoms with Crippen molar-refractivity contribution in [2.45, 2.75) is 58.9 Å². The summed E-state index contributed by atoms with van der Waals surface area (Å²) in [5.41, 5.74) is 0. The van der Waals surface area contributed by atoms with Crippen molar-refractivity contribution in [3.05, 3.63) is 0 Å². The highest BCUT2D eigenvalue weighted by Crippen LogP contribution is 2.18. The summed E-state index contributed by atoms with van der Waals surface area (Å²) in [5, 5.41) is 3.32. The lowest BCUT2D eigenvalue weighted by Crippen LogP contribution is -2.49. The fraction of sp³-hybridized carbons (Fsp3) is 1.00. The molecule has 1 aliphatic rings. The van der Waals surface area contributed by atoms with E-state index < -0.39 is 10.2 Å². The fourth-order valence-corrected chi connectivity index (χ4v) is 4.21. The zero-order chi connectivity index (χ0) is 15.0. The van der Waals surface area contributed by atoms with Gasteiger partial charge < -0.3 is 5.32 Å². The summed E-state index contributed by atoms with van der Waals surface area (Å²) < 4.78 is 29.2. The van der Waals surface area contributed by atoms with Gasteiger partial charge in [0, 0.05) is 19.1 Å². The van der Waals surface area contributed by atoms with Crippen molar-refractivity contribution in [2.75, 3.05) is 26.2 Å². The quantitative estimate of drug-likeness (QED) is 0.682. The third-order valence-corrected chi connectivity index (χ3v) is 5.56. The van der Waals surface area contributed by atoms with Crippen LogP contribution in [0.3, 0.4) is 0 Å². The van der Waals surface area contributed by atoms with Crippen LogP contribution in [-0.2, 0) is 10.2 Å². The maximum atomic E-state index is 12.4. The molecule has 1 aliphatic heterocycles. The third-order valence-electron chi connectivity index (χ3n) is 3.85. The second-order valence-electron chi connectivity index (χ2n) is 5.84. The first-order valence-electron chi connectivity index (χ1n) is 7.97. The van der Waals surface area contributed by atoms with E-state index in [2.05, 4.69) is 23.9 Å². The minimum Gasteiger partial charge on any atom is -0.317 e. The van der Waals surface area contributed by atoms with Crippen LogP contribution in [0.4, 0.5) is 0 Å². The number of nitrogens with zero attached hydrogens (tertiary/aromatic N) is 1. The summed E-state index contributed by atoms with van der Waals surface area (Å²) >= 11 is 0. The highest BCUT2D eigenvalue weighted by Gasteiger charge is 2.29. The molecule has 0 amide bonds. The van der Waals surface area contributed by atoms with Gasteiger partial charge in [0.25, 0.3) is 10.2 Å². The van der Waals surface area contributed by atoms with Crippen LogP contribution in [0.25, 0.3) is 0 Å². The zero-order valence-electron chi connectivity index (χ0n) is 13.2. The van der Waals surface area contributed by atoms with Crippen molar-refractivity contribution in [1.29, 1.82) is 0 Å². The number of piperidine rings is 1. The molecule has 0 radical (unpaired) electrons. The molecule has 0 aliphatic carbocycles. The summed E-state index contributed by atoms with van der Waals surface area (Å²) in [6.07, 6.45) is 5.14. The number of rotatable bonds is 9. The highest BCUT2D eigenvalue weighted by atomic mass is 32.2. The van der Waals surface area contributed by atoms with Crippen molar-refractivity contribution in [3.8, 4) is 0 Å². The Morgan fingerprint density at radius 2 is 2.10 bits per heavy atom. The first-order chi connectivity index (χ1) is 9.49. The topological polar surface area (TPSA) is 61.4 Å². The Morgan fingerprint density at radius 1 is 1.35 bits per heavy atom. The normalized spacial score (nSPS) is 22.9. The molecule has 0 aromatic heterocycles. The molecule has 1 heterocycles. The van der Waals surface area contributed by atoms with E-state index in [1.807, 2.05) is 6.92 Å².